The minimum Gasteiger partial charge on any atom is -0.476 e. The van der Waals surface area contributed by atoms with Crippen LogP contribution in [-0.4, -0.2) is 30.8 Å². The Morgan fingerprint density at radius 2 is 2.31 bits per heavy atom. The van der Waals surface area contributed by atoms with Crippen molar-refractivity contribution in [3.8, 4) is 5.82 Å². The molecule has 16 heavy (non-hydrogen) atoms. The van der Waals surface area contributed by atoms with Crippen molar-refractivity contribution in [1.82, 2.24) is 19.7 Å². The Morgan fingerprint density at radius 3 is 2.94 bits per heavy atom. The summed E-state index contributed by atoms with van der Waals surface area (Å²) in [4.78, 5) is 27.9. The van der Waals surface area contributed by atoms with Crippen molar-refractivity contribution in [2.45, 2.75) is 0 Å². The molecular weight excluding hydrogens is 236 g/mol. The van der Waals surface area contributed by atoms with E-state index >= 15 is 0 Å². The third-order valence-corrected chi connectivity index (χ3v) is 2.14. The predicted molar refractivity (Wildman–Crippen MR) is 53.9 cm³/mol. The Bertz CT molecular complexity index is 603. The van der Waals surface area contributed by atoms with Gasteiger partial charge in [0.25, 0.3) is 5.56 Å². The van der Waals surface area contributed by atoms with Gasteiger partial charge in [-0.1, -0.05) is 11.6 Å². The Morgan fingerprint density at radius 1 is 1.56 bits per heavy atom. The molecule has 0 saturated heterocycles. The Hall–Kier alpha value is -2.15. The summed E-state index contributed by atoms with van der Waals surface area (Å²) in [6.07, 6.45) is 2.52. The molecule has 0 spiro atoms. The Balaban J connectivity index is 2.55. The van der Waals surface area contributed by atoms with E-state index in [1.165, 1.54) is 12.3 Å². The van der Waals surface area contributed by atoms with Crippen LogP contribution in [0.4, 0.5) is 0 Å². The van der Waals surface area contributed by atoms with Crippen molar-refractivity contribution < 1.29 is 9.90 Å². The molecule has 0 bridgehead atoms. The van der Waals surface area contributed by atoms with Crippen molar-refractivity contribution in [1.29, 1.82) is 0 Å². The molecule has 2 rings (SSSR count). The minimum absolute atomic E-state index is 0.0814. The van der Waals surface area contributed by atoms with E-state index in [1.54, 1.807) is 0 Å². The molecule has 7 nitrogen and oxygen atoms in total. The molecule has 2 aromatic rings. The monoisotopic (exact) mass is 240 g/mol. The van der Waals surface area contributed by atoms with Crippen molar-refractivity contribution >= 4 is 17.6 Å². The standard InChI is InChI=1S/C8H5ClN4O3/c9-5-6(10-3-11-7(5)14)13-2-1-4(12-13)8(15)16/h1-3H,(H,15,16)(H,10,11,14). The molecule has 0 fully saturated rings. The maximum Gasteiger partial charge on any atom is 0.356 e. The molecule has 0 aliphatic heterocycles. The van der Waals surface area contributed by atoms with Crippen molar-refractivity contribution in [3.63, 3.8) is 0 Å². The first kappa shape index (κ1) is 10.4. The summed E-state index contributed by atoms with van der Waals surface area (Å²) in [5.74, 6) is -1.09. The lowest BCUT2D eigenvalue weighted by atomic mass is 10.5. The highest BCUT2D eigenvalue weighted by Gasteiger charge is 2.12. The fourth-order valence-electron chi connectivity index (χ4n) is 1.09. The lowest BCUT2D eigenvalue weighted by Gasteiger charge is -2.00. The number of aromatic amines is 1. The molecule has 0 aromatic carbocycles. The van der Waals surface area contributed by atoms with Gasteiger partial charge in [0.05, 0.1) is 6.33 Å². The summed E-state index contributed by atoms with van der Waals surface area (Å²) in [6, 6.07) is 1.28. The van der Waals surface area contributed by atoms with Crippen LogP contribution in [-0.2, 0) is 0 Å². The summed E-state index contributed by atoms with van der Waals surface area (Å²) in [6.45, 7) is 0. The molecule has 0 atom stereocenters. The molecule has 0 saturated carbocycles. The molecule has 2 aromatic heterocycles. The smallest absolute Gasteiger partial charge is 0.356 e. The van der Waals surface area contributed by atoms with Crippen molar-refractivity contribution in [2.24, 2.45) is 0 Å². The van der Waals surface area contributed by atoms with E-state index in [0.29, 0.717) is 0 Å². The lowest BCUT2D eigenvalue weighted by Crippen LogP contribution is -2.12. The second-order valence-corrected chi connectivity index (χ2v) is 3.20. The number of rotatable bonds is 2. The number of aromatic nitrogens is 4. The SMILES string of the molecule is O=C(O)c1ccn(-c2nc[nH]c(=O)c2Cl)n1. The van der Waals surface area contributed by atoms with Gasteiger partial charge in [0.15, 0.2) is 16.5 Å². The number of nitrogens with one attached hydrogen (secondary N) is 1. The normalized spacial score (nSPS) is 10.3. The van der Waals surface area contributed by atoms with E-state index in [4.69, 9.17) is 16.7 Å². The predicted octanol–water partition coefficient (Wildman–Crippen LogP) is 0.307. The van der Waals surface area contributed by atoms with Crippen molar-refractivity contribution in [2.75, 3.05) is 0 Å². The molecular formula is C8H5ClN4O3. The van der Waals surface area contributed by atoms with Gasteiger partial charge < -0.3 is 10.1 Å². The quantitative estimate of drug-likeness (QED) is 0.787. The number of hydrogen-bond acceptors (Lipinski definition) is 4. The van der Waals surface area contributed by atoms with Crippen LogP contribution in [0.5, 0.6) is 0 Å². The van der Waals surface area contributed by atoms with E-state index in [-0.39, 0.29) is 16.5 Å². The van der Waals surface area contributed by atoms with Crippen LogP contribution in [0, 0.1) is 0 Å². The fraction of sp³-hybridized carbons (Fsp3) is 0. The second-order valence-electron chi connectivity index (χ2n) is 2.82. The Kier molecular flexibility index (Phi) is 2.45. The Labute approximate surface area is 93.3 Å². The highest BCUT2D eigenvalue weighted by atomic mass is 35.5. The van der Waals surface area contributed by atoms with Crippen LogP contribution in [0.3, 0.4) is 0 Å². The largest absolute Gasteiger partial charge is 0.476 e. The molecule has 8 heteroatoms. The highest BCUT2D eigenvalue weighted by molar-refractivity contribution is 6.31. The van der Waals surface area contributed by atoms with Crippen LogP contribution in [0.25, 0.3) is 5.82 Å². The average Bonchev–Trinajstić information content (AvgIpc) is 2.71. The summed E-state index contributed by atoms with van der Waals surface area (Å²) in [5, 5.41) is 12.2. The summed E-state index contributed by atoms with van der Waals surface area (Å²) in [7, 11) is 0. The highest BCUT2D eigenvalue weighted by Crippen LogP contribution is 2.11. The maximum absolute atomic E-state index is 11.2. The van der Waals surface area contributed by atoms with Gasteiger partial charge in [-0.2, -0.15) is 5.10 Å². The minimum atomic E-state index is -1.17. The third kappa shape index (κ3) is 1.68. The number of carboxylic acid groups (broad SMARTS) is 1. The molecule has 0 aliphatic rings. The number of nitrogens with zero attached hydrogens (tertiary/aromatic N) is 3. The summed E-state index contributed by atoms with van der Waals surface area (Å²) in [5.41, 5.74) is -0.669. The van der Waals surface area contributed by atoms with Gasteiger partial charge in [-0.15, -0.1) is 0 Å². The van der Waals surface area contributed by atoms with Gasteiger partial charge in [0.1, 0.15) is 0 Å². The molecule has 0 radical (unpaired) electrons. The molecule has 82 valence electrons. The van der Waals surface area contributed by atoms with Gasteiger partial charge in [-0.25, -0.2) is 14.5 Å². The van der Waals surface area contributed by atoms with E-state index in [0.717, 1.165) is 11.0 Å². The van der Waals surface area contributed by atoms with Gasteiger partial charge in [0.2, 0.25) is 0 Å². The summed E-state index contributed by atoms with van der Waals surface area (Å²) < 4.78 is 1.13. The average molecular weight is 241 g/mol. The molecule has 0 unspecified atom stereocenters. The van der Waals surface area contributed by atoms with E-state index in [9.17, 15) is 9.59 Å². The molecule has 0 amide bonds. The number of carboxylic acids is 1. The number of aromatic carboxylic acids is 1. The van der Waals surface area contributed by atoms with Gasteiger partial charge in [-0.05, 0) is 6.07 Å². The zero-order chi connectivity index (χ0) is 11.7. The van der Waals surface area contributed by atoms with Crippen LogP contribution in [0.2, 0.25) is 5.02 Å². The zero-order valence-corrected chi connectivity index (χ0v) is 8.47. The van der Waals surface area contributed by atoms with Crippen LogP contribution in [0.15, 0.2) is 23.4 Å². The first-order valence-corrected chi connectivity index (χ1v) is 4.50. The molecule has 0 aliphatic carbocycles. The van der Waals surface area contributed by atoms with Gasteiger partial charge >= 0.3 is 5.97 Å². The topological polar surface area (TPSA) is 101 Å². The van der Waals surface area contributed by atoms with Crippen LogP contribution < -0.4 is 5.56 Å². The van der Waals surface area contributed by atoms with Crippen LogP contribution >= 0.6 is 11.6 Å². The van der Waals surface area contributed by atoms with Gasteiger partial charge in [0, 0.05) is 6.20 Å². The summed E-state index contributed by atoms with van der Waals surface area (Å²) >= 11 is 5.70. The number of halogens is 1. The van der Waals surface area contributed by atoms with Crippen molar-refractivity contribution in [3.05, 3.63) is 39.7 Å². The number of carbonyl (C=O) groups is 1. The van der Waals surface area contributed by atoms with E-state index < -0.39 is 11.5 Å². The second kappa shape index (κ2) is 3.78. The number of hydrogen-bond donors (Lipinski definition) is 2. The van der Waals surface area contributed by atoms with E-state index in [1.807, 2.05) is 0 Å². The van der Waals surface area contributed by atoms with E-state index in [2.05, 4.69) is 15.1 Å². The fourth-order valence-corrected chi connectivity index (χ4v) is 1.28. The molecule has 2 N–H and O–H groups in total. The first-order chi connectivity index (χ1) is 7.59. The number of H-pyrrole nitrogens is 1. The molecule has 2 heterocycles. The third-order valence-electron chi connectivity index (χ3n) is 1.80. The van der Waals surface area contributed by atoms with Crippen LogP contribution in [0.1, 0.15) is 10.5 Å². The first-order valence-electron chi connectivity index (χ1n) is 4.12. The van der Waals surface area contributed by atoms with Gasteiger partial charge in [-0.3, -0.25) is 4.79 Å². The lowest BCUT2D eigenvalue weighted by molar-refractivity contribution is 0.0690. The maximum atomic E-state index is 11.2. The zero-order valence-electron chi connectivity index (χ0n) is 7.72.